The molecule has 1 amide bonds. The molecule has 2 aliphatic heterocycles. The summed E-state index contributed by atoms with van der Waals surface area (Å²) in [6, 6.07) is 5.24. The van der Waals surface area contributed by atoms with Crippen molar-refractivity contribution in [2.24, 2.45) is 0 Å². The summed E-state index contributed by atoms with van der Waals surface area (Å²) in [5.74, 6) is -1.50. The molecule has 2 fully saturated rings. The van der Waals surface area contributed by atoms with Gasteiger partial charge in [-0.1, -0.05) is 0 Å². The number of nitrogens with one attached hydrogen (secondary N) is 2. The van der Waals surface area contributed by atoms with Gasteiger partial charge in [-0.25, -0.2) is 28.7 Å². The van der Waals surface area contributed by atoms with Crippen molar-refractivity contribution in [3.63, 3.8) is 0 Å². The van der Waals surface area contributed by atoms with E-state index in [1.165, 1.54) is 0 Å². The Kier molecular flexibility index (Phi) is 6.15. The van der Waals surface area contributed by atoms with Crippen LogP contribution in [-0.4, -0.2) is 69.6 Å². The number of carbonyl (C=O) groups excluding carboxylic acids is 1. The van der Waals surface area contributed by atoms with Crippen LogP contribution in [0.2, 0.25) is 0 Å². The lowest BCUT2D eigenvalue weighted by Crippen LogP contribution is -2.48. The first kappa shape index (κ1) is 23.2. The highest BCUT2D eigenvalue weighted by Gasteiger charge is 2.35. The van der Waals surface area contributed by atoms with Gasteiger partial charge in [0.05, 0.1) is 30.2 Å². The number of aromatic nitrogens is 4. The zero-order valence-electron chi connectivity index (χ0n) is 19.2. The van der Waals surface area contributed by atoms with E-state index in [2.05, 4.69) is 30.6 Å². The van der Waals surface area contributed by atoms with Crippen LogP contribution in [0.1, 0.15) is 31.6 Å². The van der Waals surface area contributed by atoms with Gasteiger partial charge < -0.3 is 25.5 Å². The van der Waals surface area contributed by atoms with Crippen molar-refractivity contribution in [1.82, 2.24) is 25.3 Å². The zero-order valence-corrected chi connectivity index (χ0v) is 19.2. The van der Waals surface area contributed by atoms with Crippen LogP contribution in [0.25, 0.3) is 10.9 Å². The van der Waals surface area contributed by atoms with Crippen molar-refractivity contribution in [3.05, 3.63) is 36.3 Å². The van der Waals surface area contributed by atoms with Crippen LogP contribution in [0, 0.1) is 0 Å². The third kappa shape index (κ3) is 4.98. The summed E-state index contributed by atoms with van der Waals surface area (Å²) in [4.78, 5) is 33.4. The molecule has 0 radical (unpaired) electrons. The minimum atomic E-state index is -2.69. The number of piperazine rings is 1. The molecule has 0 saturated carbocycles. The molecule has 12 heteroatoms. The minimum Gasteiger partial charge on any atom is -0.387 e. The van der Waals surface area contributed by atoms with Crippen LogP contribution in [0.3, 0.4) is 0 Å². The first-order valence-corrected chi connectivity index (χ1v) is 11.5. The number of carbonyl (C=O) groups is 1. The van der Waals surface area contributed by atoms with Crippen LogP contribution in [0.4, 0.5) is 32.1 Å². The van der Waals surface area contributed by atoms with E-state index in [1.807, 2.05) is 0 Å². The smallest absolute Gasteiger partial charge is 0.251 e. The Morgan fingerprint density at radius 2 is 1.94 bits per heavy atom. The topological polar surface area (TPSA) is 119 Å². The van der Waals surface area contributed by atoms with Crippen LogP contribution in [0.15, 0.2) is 30.6 Å². The summed E-state index contributed by atoms with van der Waals surface area (Å²) < 4.78 is 27.5. The lowest BCUT2D eigenvalue weighted by Gasteiger charge is -2.33. The average Bonchev–Trinajstić information content (AvgIpc) is 2.84. The quantitative estimate of drug-likeness (QED) is 0.501. The number of hydrogen-bond acceptors (Lipinski definition) is 9. The molecule has 3 N–H and O–H groups in total. The molecule has 5 heterocycles. The molecule has 2 saturated heterocycles. The molecule has 2 aliphatic rings. The monoisotopic (exact) mass is 484 g/mol. The van der Waals surface area contributed by atoms with Gasteiger partial charge in [-0.05, 0) is 25.1 Å². The minimum absolute atomic E-state index is 0.0105. The van der Waals surface area contributed by atoms with E-state index in [0.29, 0.717) is 47.0 Å². The van der Waals surface area contributed by atoms with Crippen molar-refractivity contribution >= 4 is 40.1 Å². The summed E-state index contributed by atoms with van der Waals surface area (Å²) in [6.07, 6.45) is 1.86. The molecule has 10 nitrogen and oxygen atoms in total. The number of alkyl halides is 2. The molecule has 0 bridgehead atoms. The van der Waals surface area contributed by atoms with Crippen molar-refractivity contribution in [1.29, 1.82) is 0 Å². The second-order valence-electron chi connectivity index (χ2n) is 8.77. The number of piperidine rings is 1. The predicted molar refractivity (Wildman–Crippen MR) is 127 cm³/mol. The van der Waals surface area contributed by atoms with Gasteiger partial charge in [0, 0.05) is 50.6 Å². The molecule has 0 aromatic carbocycles. The number of halogens is 2. The van der Waals surface area contributed by atoms with Crippen LogP contribution < -0.4 is 20.4 Å². The normalized spacial score (nSPS) is 19.1. The Morgan fingerprint density at radius 1 is 1.14 bits per heavy atom. The van der Waals surface area contributed by atoms with Crippen LogP contribution >= 0.6 is 0 Å². The van der Waals surface area contributed by atoms with Crippen LogP contribution in [-0.2, 0) is 4.79 Å². The number of fused-ring (bicyclic) bond motifs is 1. The molecule has 0 unspecified atom stereocenters. The van der Waals surface area contributed by atoms with E-state index in [1.54, 1.807) is 47.3 Å². The molecule has 3 aromatic rings. The lowest BCUT2D eigenvalue weighted by atomic mass is 10.1. The number of aliphatic hydroxyl groups is 1. The van der Waals surface area contributed by atoms with Gasteiger partial charge in [-0.2, -0.15) is 0 Å². The molecule has 0 spiro atoms. The summed E-state index contributed by atoms with van der Waals surface area (Å²) >= 11 is 0. The fourth-order valence-corrected chi connectivity index (χ4v) is 4.20. The molecule has 3 aromatic heterocycles. The second-order valence-corrected chi connectivity index (χ2v) is 8.77. The highest BCUT2D eigenvalue weighted by molar-refractivity contribution is 5.95. The van der Waals surface area contributed by atoms with Crippen molar-refractivity contribution < 1.29 is 18.7 Å². The molecule has 5 rings (SSSR count). The highest BCUT2D eigenvalue weighted by Crippen LogP contribution is 2.33. The van der Waals surface area contributed by atoms with E-state index in [4.69, 9.17) is 0 Å². The third-order valence-corrected chi connectivity index (χ3v) is 6.18. The number of nitrogens with zero attached hydrogens (tertiary/aromatic N) is 6. The Hall–Kier alpha value is -3.51. The fraction of sp³-hybridized carbons (Fsp3) is 0.435. The van der Waals surface area contributed by atoms with Crippen LogP contribution in [0.5, 0.6) is 0 Å². The average molecular weight is 485 g/mol. The highest BCUT2D eigenvalue weighted by atomic mass is 19.3. The van der Waals surface area contributed by atoms with Crippen molar-refractivity contribution in [2.45, 2.75) is 31.8 Å². The maximum absolute atomic E-state index is 13.7. The fourth-order valence-electron chi connectivity index (χ4n) is 4.20. The maximum Gasteiger partial charge on any atom is 0.251 e. The van der Waals surface area contributed by atoms with Gasteiger partial charge >= 0.3 is 0 Å². The molecule has 1 atom stereocenters. The summed E-state index contributed by atoms with van der Waals surface area (Å²) in [5.41, 5.74) is 1.63. The number of aliphatic hydroxyl groups excluding tert-OH is 1. The van der Waals surface area contributed by atoms with E-state index in [0.717, 1.165) is 6.54 Å². The second kappa shape index (κ2) is 9.27. The van der Waals surface area contributed by atoms with Gasteiger partial charge in [0.1, 0.15) is 11.3 Å². The molecule has 184 valence electrons. The number of hydrogen-bond donors (Lipinski definition) is 3. The van der Waals surface area contributed by atoms with Gasteiger partial charge in [0.2, 0.25) is 11.9 Å². The van der Waals surface area contributed by atoms with E-state index < -0.39 is 12.0 Å². The lowest BCUT2D eigenvalue weighted by molar-refractivity contribution is -0.118. The first-order valence-electron chi connectivity index (χ1n) is 11.5. The van der Waals surface area contributed by atoms with E-state index in [9.17, 15) is 18.7 Å². The Balaban J connectivity index is 1.42. The Labute approximate surface area is 200 Å². The van der Waals surface area contributed by atoms with E-state index >= 15 is 0 Å². The van der Waals surface area contributed by atoms with E-state index in [-0.39, 0.29) is 37.8 Å². The SMILES string of the molecule is C[C@@H](O)c1cc2cnc(Nc3ccc(N4CCNCC4=O)cn3)nc2c(N2CCC(F)(F)CC2)n1. The van der Waals surface area contributed by atoms with Crippen molar-refractivity contribution in [3.8, 4) is 0 Å². The zero-order chi connectivity index (χ0) is 24.6. The van der Waals surface area contributed by atoms with Gasteiger partial charge in [-0.15, -0.1) is 0 Å². The molecular weight excluding hydrogens is 458 g/mol. The van der Waals surface area contributed by atoms with Gasteiger partial charge in [0.25, 0.3) is 5.92 Å². The number of pyridine rings is 2. The summed E-state index contributed by atoms with van der Waals surface area (Å²) in [5, 5.41) is 16.8. The third-order valence-electron chi connectivity index (χ3n) is 6.18. The summed E-state index contributed by atoms with van der Waals surface area (Å²) in [7, 11) is 0. The Morgan fingerprint density at radius 3 is 2.63 bits per heavy atom. The first-order chi connectivity index (χ1) is 16.8. The largest absolute Gasteiger partial charge is 0.387 e. The number of amides is 1. The Bertz CT molecular complexity index is 1230. The standard InChI is InChI=1S/C23H26F2N8O2/c1-14(34)17-10-15-11-28-22(31-20(15)21(29-17)32-7-4-23(24,25)5-8-32)30-18-3-2-16(12-27-18)33-9-6-26-13-19(33)35/h2-3,10-12,14,26,34H,4-9,13H2,1H3,(H,27,28,30,31)/t14-/m1/s1. The number of anilines is 4. The van der Waals surface area contributed by atoms with Gasteiger partial charge in [0.15, 0.2) is 5.82 Å². The van der Waals surface area contributed by atoms with Gasteiger partial charge in [-0.3, -0.25) is 4.79 Å². The predicted octanol–water partition coefficient (Wildman–Crippen LogP) is 2.39. The number of rotatable bonds is 5. The summed E-state index contributed by atoms with van der Waals surface area (Å²) in [6.45, 7) is 3.47. The maximum atomic E-state index is 13.7. The van der Waals surface area contributed by atoms with Crippen molar-refractivity contribution in [2.75, 3.05) is 47.8 Å². The molecule has 0 aliphatic carbocycles. The molecule has 35 heavy (non-hydrogen) atoms. The molecular formula is C23H26F2N8O2.